The molecule has 0 radical (unpaired) electrons. The van der Waals surface area contributed by atoms with Crippen LogP contribution in [0.2, 0.25) is 0 Å². The number of benzene rings is 3. The van der Waals surface area contributed by atoms with Crippen molar-refractivity contribution in [3.63, 3.8) is 0 Å². The first-order valence-corrected chi connectivity index (χ1v) is 6.87. The fourth-order valence-electron chi connectivity index (χ4n) is 2.52. The molecule has 0 aliphatic rings. The van der Waals surface area contributed by atoms with Gasteiger partial charge >= 0.3 is 0 Å². The molecule has 23 heavy (non-hydrogen) atoms. The van der Waals surface area contributed by atoms with Crippen LogP contribution in [0.15, 0.2) is 54.6 Å². The highest BCUT2D eigenvalue weighted by Gasteiger charge is 2.19. The highest BCUT2D eigenvalue weighted by molar-refractivity contribution is 6.18. The van der Waals surface area contributed by atoms with Crippen molar-refractivity contribution in [3.8, 4) is 11.5 Å². The van der Waals surface area contributed by atoms with Crippen LogP contribution in [0.3, 0.4) is 0 Å². The van der Waals surface area contributed by atoms with Gasteiger partial charge in [-0.3, -0.25) is 9.59 Å². The van der Waals surface area contributed by atoms with E-state index >= 15 is 0 Å². The van der Waals surface area contributed by atoms with E-state index < -0.39 is 11.7 Å². The average molecular weight is 307 g/mol. The van der Waals surface area contributed by atoms with Crippen LogP contribution in [0.25, 0.3) is 10.8 Å². The molecule has 5 heteroatoms. The molecule has 0 spiro atoms. The zero-order valence-electron chi connectivity index (χ0n) is 12.0. The molecule has 0 saturated carbocycles. The zero-order valence-corrected chi connectivity index (χ0v) is 12.0. The summed E-state index contributed by atoms with van der Waals surface area (Å²) >= 11 is 0. The number of aromatic hydroxyl groups is 2. The third-order valence-corrected chi connectivity index (χ3v) is 3.66. The number of phenolic OH excluding ortho intramolecular Hbond substituents is 1. The summed E-state index contributed by atoms with van der Waals surface area (Å²) in [5, 5.41) is 21.1. The minimum atomic E-state index is -0.834. The van der Waals surface area contributed by atoms with Crippen molar-refractivity contribution in [2.24, 2.45) is 5.73 Å². The molecule has 0 aliphatic heterocycles. The Hall–Kier alpha value is -3.34. The molecule has 3 aromatic rings. The number of rotatable bonds is 3. The van der Waals surface area contributed by atoms with Gasteiger partial charge in [-0.1, -0.05) is 30.3 Å². The Morgan fingerprint density at radius 2 is 1.57 bits per heavy atom. The number of carbonyl (C=O) groups excluding carboxylic acids is 2. The second-order valence-electron chi connectivity index (χ2n) is 5.11. The lowest BCUT2D eigenvalue weighted by atomic mass is 9.95. The van der Waals surface area contributed by atoms with Gasteiger partial charge in [0.05, 0.1) is 11.1 Å². The summed E-state index contributed by atoms with van der Waals surface area (Å²) in [7, 11) is 0. The molecule has 1 amide bonds. The minimum Gasteiger partial charge on any atom is -0.507 e. The quantitative estimate of drug-likeness (QED) is 0.647. The molecule has 0 saturated heterocycles. The molecule has 0 heterocycles. The van der Waals surface area contributed by atoms with Gasteiger partial charge in [0.15, 0.2) is 5.78 Å². The molecule has 0 bridgehead atoms. The Kier molecular flexibility index (Phi) is 3.46. The molecule has 0 unspecified atom stereocenters. The second-order valence-corrected chi connectivity index (χ2v) is 5.11. The Morgan fingerprint density at radius 3 is 2.30 bits per heavy atom. The van der Waals surface area contributed by atoms with Crippen LogP contribution in [0, 0.1) is 0 Å². The van der Waals surface area contributed by atoms with E-state index in [1.165, 1.54) is 24.3 Å². The van der Waals surface area contributed by atoms with Crippen LogP contribution in [-0.2, 0) is 0 Å². The molecular weight excluding hydrogens is 294 g/mol. The lowest BCUT2D eigenvalue weighted by Crippen LogP contribution is -2.13. The maximum absolute atomic E-state index is 12.8. The Labute approximate surface area is 131 Å². The predicted molar refractivity (Wildman–Crippen MR) is 85.7 cm³/mol. The molecule has 5 nitrogen and oxygen atoms in total. The maximum atomic E-state index is 12.8. The number of hydrogen-bond acceptors (Lipinski definition) is 4. The summed E-state index contributed by atoms with van der Waals surface area (Å²) < 4.78 is 0. The normalized spacial score (nSPS) is 10.6. The zero-order chi connectivity index (χ0) is 16.6. The summed E-state index contributed by atoms with van der Waals surface area (Å²) in [6.45, 7) is 0. The van der Waals surface area contributed by atoms with Gasteiger partial charge in [-0.05, 0) is 35.0 Å². The number of ketones is 1. The van der Waals surface area contributed by atoms with Crippen LogP contribution in [0.4, 0.5) is 0 Å². The number of phenols is 2. The summed E-state index contributed by atoms with van der Waals surface area (Å²) in [4.78, 5) is 24.1. The van der Waals surface area contributed by atoms with E-state index in [4.69, 9.17) is 5.73 Å². The van der Waals surface area contributed by atoms with Gasteiger partial charge in [0, 0.05) is 5.56 Å². The lowest BCUT2D eigenvalue weighted by Gasteiger charge is -2.09. The lowest BCUT2D eigenvalue weighted by molar-refractivity contribution is 0.0997. The minimum absolute atomic E-state index is 0.143. The van der Waals surface area contributed by atoms with E-state index in [9.17, 15) is 19.8 Å². The third-order valence-electron chi connectivity index (χ3n) is 3.66. The van der Waals surface area contributed by atoms with Crippen molar-refractivity contribution < 1.29 is 19.8 Å². The number of fused-ring (bicyclic) bond motifs is 1. The summed E-state index contributed by atoms with van der Waals surface area (Å²) in [5.41, 5.74) is 5.34. The largest absolute Gasteiger partial charge is 0.507 e. The smallest absolute Gasteiger partial charge is 0.252 e. The summed E-state index contributed by atoms with van der Waals surface area (Å²) in [6.07, 6.45) is 0. The first kappa shape index (κ1) is 14.6. The van der Waals surface area contributed by atoms with Crippen molar-refractivity contribution in [2.75, 3.05) is 0 Å². The maximum Gasteiger partial charge on any atom is 0.252 e. The highest BCUT2D eigenvalue weighted by Crippen LogP contribution is 2.30. The standard InChI is InChI=1S/C18H13NO4/c19-18(23)13-9-11(6-7-14(13)20)17(22)16-12-4-2-1-3-10(12)5-8-15(16)21/h1-9,20-21H,(H2,19,23). The van der Waals surface area contributed by atoms with E-state index in [1.54, 1.807) is 18.2 Å². The number of nitrogens with two attached hydrogens (primary N) is 1. The van der Waals surface area contributed by atoms with Crippen LogP contribution < -0.4 is 5.73 Å². The monoisotopic (exact) mass is 307 g/mol. The van der Waals surface area contributed by atoms with Gasteiger partial charge in [-0.25, -0.2) is 0 Å². The van der Waals surface area contributed by atoms with Crippen LogP contribution in [0.5, 0.6) is 11.5 Å². The molecule has 4 N–H and O–H groups in total. The van der Waals surface area contributed by atoms with Crippen molar-refractivity contribution in [1.29, 1.82) is 0 Å². The fourth-order valence-corrected chi connectivity index (χ4v) is 2.52. The van der Waals surface area contributed by atoms with Crippen molar-refractivity contribution in [2.45, 2.75) is 0 Å². The molecule has 0 aliphatic carbocycles. The molecule has 0 atom stereocenters. The van der Waals surface area contributed by atoms with Crippen molar-refractivity contribution >= 4 is 22.5 Å². The first-order chi connectivity index (χ1) is 11.0. The van der Waals surface area contributed by atoms with E-state index in [-0.39, 0.29) is 28.2 Å². The van der Waals surface area contributed by atoms with Gasteiger partial charge < -0.3 is 15.9 Å². The molecule has 3 aromatic carbocycles. The van der Waals surface area contributed by atoms with E-state index in [2.05, 4.69) is 0 Å². The fraction of sp³-hybridized carbons (Fsp3) is 0. The molecular formula is C18H13NO4. The first-order valence-electron chi connectivity index (χ1n) is 6.87. The Morgan fingerprint density at radius 1 is 0.870 bits per heavy atom. The van der Waals surface area contributed by atoms with Crippen LogP contribution >= 0.6 is 0 Å². The summed E-state index contributed by atoms with van der Waals surface area (Å²) in [6, 6.07) is 14.2. The van der Waals surface area contributed by atoms with Gasteiger partial charge in [-0.15, -0.1) is 0 Å². The molecule has 114 valence electrons. The number of primary amides is 1. The van der Waals surface area contributed by atoms with E-state index in [0.29, 0.717) is 5.39 Å². The number of carbonyl (C=O) groups is 2. The third kappa shape index (κ3) is 2.48. The van der Waals surface area contributed by atoms with E-state index in [1.807, 2.05) is 12.1 Å². The SMILES string of the molecule is NC(=O)c1cc(C(=O)c2c(O)ccc3ccccc23)ccc1O. The second kappa shape index (κ2) is 5.46. The van der Waals surface area contributed by atoms with Gasteiger partial charge in [0.25, 0.3) is 5.91 Å². The van der Waals surface area contributed by atoms with Crippen LogP contribution in [-0.4, -0.2) is 21.9 Å². The highest BCUT2D eigenvalue weighted by atomic mass is 16.3. The molecule has 0 fully saturated rings. The van der Waals surface area contributed by atoms with Gasteiger partial charge in [0.2, 0.25) is 0 Å². The Bertz CT molecular complexity index is 947. The van der Waals surface area contributed by atoms with Crippen molar-refractivity contribution in [1.82, 2.24) is 0 Å². The van der Waals surface area contributed by atoms with Crippen LogP contribution in [0.1, 0.15) is 26.3 Å². The Balaban J connectivity index is 2.20. The topological polar surface area (TPSA) is 101 Å². The van der Waals surface area contributed by atoms with Crippen molar-refractivity contribution in [3.05, 3.63) is 71.3 Å². The van der Waals surface area contributed by atoms with E-state index in [0.717, 1.165) is 5.39 Å². The summed E-state index contributed by atoms with van der Waals surface area (Å²) in [5.74, 6) is -1.74. The van der Waals surface area contributed by atoms with Gasteiger partial charge in [-0.2, -0.15) is 0 Å². The molecule has 0 aromatic heterocycles. The molecule has 3 rings (SSSR count). The van der Waals surface area contributed by atoms with Gasteiger partial charge in [0.1, 0.15) is 11.5 Å². The predicted octanol–water partition coefficient (Wildman–Crippen LogP) is 2.58. The number of amides is 1. The number of hydrogen-bond donors (Lipinski definition) is 3. The average Bonchev–Trinajstić information content (AvgIpc) is 2.54.